The summed E-state index contributed by atoms with van der Waals surface area (Å²) in [6.45, 7) is 5.15. The minimum atomic E-state index is -0.612. The van der Waals surface area contributed by atoms with Crippen LogP contribution in [-0.4, -0.2) is 40.2 Å². The zero-order valence-corrected chi connectivity index (χ0v) is 19.9. The van der Waals surface area contributed by atoms with Crippen LogP contribution in [0.15, 0.2) is 25.2 Å². The molecule has 0 unspecified atom stereocenters. The molecule has 184 valence electrons. The lowest BCUT2D eigenvalue weighted by molar-refractivity contribution is -0.128. The number of aromatic amines is 1. The molecule has 2 fully saturated rings. The average Bonchev–Trinajstić information content (AvgIpc) is 3.63. The van der Waals surface area contributed by atoms with Gasteiger partial charge in [0, 0.05) is 12.6 Å². The van der Waals surface area contributed by atoms with E-state index in [1.54, 1.807) is 0 Å². The van der Waals surface area contributed by atoms with Crippen molar-refractivity contribution in [3.05, 3.63) is 32.4 Å². The number of aromatic nitrogens is 2. The Balaban J connectivity index is 1.46. The molecule has 0 aromatic carbocycles. The highest BCUT2D eigenvalue weighted by molar-refractivity contribution is 5.92. The van der Waals surface area contributed by atoms with E-state index in [0.717, 1.165) is 24.5 Å². The van der Waals surface area contributed by atoms with Crippen molar-refractivity contribution in [2.75, 3.05) is 13.1 Å². The van der Waals surface area contributed by atoms with Crippen LogP contribution in [0.3, 0.4) is 0 Å². The number of nitrogens with one attached hydrogen (secondary N) is 3. The molecule has 1 amide bonds. The lowest BCUT2D eigenvalue weighted by atomic mass is 9.80. The third-order valence-electron chi connectivity index (χ3n) is 6.66. The highest BCUT2D eigenvalue weighted by atomic mass is 16.6. The number of amides is 1. The summed E-state index contributed by atoms with van der Waals surface area (Å²) in [6.07, 6.45) is 7.51. The van der Waals surface area contributed by atoms with Crippen molar-refractivity contribution in [2.45, 2.75) is 77.2 Å². The van der Waals surface area contributed by atoms with E-state index in [4.69, 9.17) is 9.25 Å². The van der Waals surface area contributed by atoms with E-state index in [1.165, 1.54) is 18.9 Å². The molecule has 34 heavy (non-hydrogen) atoms. The molecule has 2 aromatic rings. The van der Waals surface area contributed by atoms with Gasteiger partial charge in [0.05, 0.1) is 11.3 Å². The van der Waals surface area contributed by atoms with Crippen LogP contribution in [0.1, 0.15) is 70.8 Å². The number of oxime groups is 1. The van der Waals surface area contributed by atoms with Crippen LogP contribution in [-0.2, 0) is 11.2 Å². The number of likely N-dealkylation sites (N-methyl/N-ethyl adjacent to an activating group) is 2. The maximum absolute atomic E-state index is 12.7. The number of nitrogens with zero attached hydrogens (tertiary/aromatic N) is 2. The number of hydrogen-bond donors (Lipinski definition) is 3. The Morgan fingerprint density at radius 2 is 2.03 bits per heavy atom. The van der Waals surface area contributed by atoms with Crippen molar-refractivity contribution >= 4 is 22.7 Å². The van der Waals surface area contributed by atoms with Gasteiger partial charge in [-0.2, -0.15) is 4.98 Å². The van der Waals surface area contributed by atoms with Gasteiger partial charge in [-0.05, 0) is 63.5 Å². The predicted molar refractivity (Wildman–Crippen MR) is 128 cm³/mol. The zero-order chi connectivity index (χ0) is 24.1. The number of carbonyl (C=O) groups is 1. The van der Waals surface area contributed by atoms with Crippen LogP contribution in [0.2, 0.25) is 0 Å². The molecular weight excluding hydrogens is 438 g/mol. The van der Waals surface area contributed by atoms with Gasteiger partial charge in [0.1, 0.15) is 5.39 Å². The molecule has 0 bridgehead atoms. The molecule has 2 aliphatic rings. The Morgan fingerprint density at radius 1 is 1.26 bits per heavy atom. The molecule has 4 rings (SSSR count). The number of hydrogen-bond acceptors (Lipinski definition) is 8. The first-order chi connectivity index (χ1) is 16.4. The fourth-order valence-electron chi connectivity index (χ4n) is 4.67. The quantitative estimate of drug-likeness (QED) is 0.452. The Labute approximate surface area is 197 Å². The highest BCUT2D eigenvalue weighted by Gasteiger charge is 2.40. The number of aryl methyl sites for hydroxylation is 1. The van der Waals surface area contributed by atoms with Crippen molar-refractivity contribution in [3.8, 4) is 6.01 Å². The van der Waals surface area contributed by atoms with Crippen molar-refractivity contribution in [1.29, 1.82) is 0 Å². The van der Waals surface area contributed by atoms with Gasteiger partial charge in [-0.1, -0.05) is 31.3 Å². The van der Waals surface area contributed by atoms with Crippen LogP contribution < -0.4 is 26.7 Å². The first-order valence-corrected chi connectivity index (χ1v) is 12.3. The van der Waals surface area contributed by atoms with Crippen LogP contribution in [0.4, 0.5) is 0 Å². The minimum Gasteiger partial charge on any atom is -0.403 e. The molecule has 0 atom stereocenters. The Bertz CT molecular complexity index is 1170. The summed E-state index contributed by atoms with van der Waals surface area (Å²) in [5.74, 6) is 0.783. The molecule has 2 heterocycles. The average molecular weight is 472 g/mol. The van der Waals surface area contributed by atoms with E-state index < -0.39 is 16.7 Å². The number of fused-ring (bicyclic) bond motifs is 1. The summed E-state index contributed by atoms with van der Waals surface area (Å²) in [6, 6.07) is 1.25. The van der Waals surface area contributed by atoms with Gasteiger partial charge >= 0.3 is 11.6 Å². The van der Waals surface area contributed by atoms with Gasteiger partial charge in [0.15, 0.2) is 0 Å². The third kappa shape index (κ3) is 5.55. The topological polar surface area (TPSA) is 139 Å². The second-order valence-corrected chi connectivity index (χ2v) is 9.20. The lowest BCUT2D eigenvalue weighted by Crippen LogP contribution is -2.58. The van der Waals surface area contributed by atoms with Crippen molar-refractivity contribution in [3.63, 3.8) is 0 Å². The van der Waals surface area contributed by atoms with Crippen molar-refractivity contribution < 1.29 is 14.0 Å². The van der Waals surface area contributed by atoms with E-state index in [2.05, 4.69) is 25.8 Å². The minimum absolute atomic E-state index is 0.000286. The second kappa shape index (κ2) is 10.5. The fourth-order valence-corrected chi connectivity index (χ4v) is 4.67. The first-order valence-electron chi connectivity index (χ1n) is 12.3. The summed E-state index contributed by atoms with van der Waals surface area (Å²) in [7, 11) is 0. The van der Waals surface area contributed by atoms with E-state index in [1.807, 2.05) is 13.8 Å². The fraction of sp³-hybridized carbons (Fsp3) is 0.625. The van der Waals surface area contributed by atoms with Gasteiger partial charge in [-0.3, -0.25) is 14.6 Å². The zero-order valence-electron chi connectivity index (χ0n) is 19.9. The molecule has 10 nitrogen and oxygen atoms in total. The summed E-state index contributed by atoms with van der Waals surface area (Å²) >= 11 is 0. The maximum Gasteiger partial charge on any atom is 0.337 e. The van der Waals surface area contributed by atoms with Gasteiger partial charge in [-0.25, -0.2) is 4.79 Å². The molecule has 0 saturated heterocycles. The van der Waals surface area contributed by atoms with Crippen molar-refractivity contribution in [1.82, 2.24) is 20.6 Å². The number of carbonyl (C=O) groups excluding carboxylic acids is 1. The summed E-state index contributed by atoms with van der Waals surface area (Å²) in [5.41, 5.74) is -0.192. The Kier molecular flexibility index (Phi) is 7.45. The second-order valence-electron chi connectivity index (χ2n) is 9.20. The SMILES string of the molecule is CCNC(=O)C1(NCC)CCC(=NOc2nc3oc(=O)cc(CCCC4CC4)c3c(=O)[nH]2)CC1. The molecule has 0 radical (unpaired) electrons. The predicted octanol–water partition coefficient (Wildman–Crippen LogP) is 2.40. The molecule has 10 heteroatoms. The first kappa shape index (κ1) is 24.1. The van der Waals surface area contributed by atoms with Crippen LogP contribution in [0.25, 0.3) is 11.1 Å². The number of rotatable bonds is 10. The maximum atomic E-state index is 12.7. The molecule has 3 N–H and O–H groups in total. The smallest absolute Gasteiger partial charge is 0.337 e. The van der Waals surface area contributed by atoms with Gasteiger partial charge in [-0.15, -0.1) is 0 Å². The van der Waals surface area contributed by atoms with Crippen LogP contribution in [0.5, 0.6) is 6.01 Å². The molecule has 0 aliphatic heterocycles. The van der Waals surface area contributed by atoms with Gasteiger partial charge in [0.25, 0.3) is 5.56 Å². The van der Waals surface area contributed by atoms with Crippen LogP contribution in [0, 0.1) is 5.92 Å². The highest BCUT2D eigenvalue weighted by Crippen LogP contribution is 2.34. The lowest BCUT2D eigenvalue weighted by Gasteiger charge is -2.36. The third-order valence-corrected chi connectivity index (χ3v) is 6.66. The van der Waals surface area contributed by atoms with Gasteiger partial charge < -0.3 is 19.9 Å². The molecular formula is C24H33N5O5. The molecule has 2 aromatic heterocycles. The standard InChI is InChI=1S/C24H33N5O5/c1-3-25-22(32)24(26-4-2)12-10-17(11-13-24)29-34-23-27-20(31)19-16(7-5-6-15-8-9-15)14-18(30)33-21(19)28-23/h14-15,26H,3-13H2,1-2H3,(H,25,32)(H,27,28,31). The van der Waals surface area contributed by atoms with E-state index in [0.29, 0.717) is 50.8 Å². The van der Waals surface area contributed by atoms with Gasteiger partial charge in [0.2, 0.25) is 11.6 Å². The summed E-state index contributed by atoms with van der Waals surface area (Å²) in [4.78, 5) is 49.6. The summed E-state index contributed by atoms with van der Waals surface area (Å²) in [5, 5.41) is 10.7. The van der Waals surface area contributed by atoms with Crippen molar-refractivity contribution in [2.24, 2.45) is 11.1 Å². The normalized spacial score (nSPS) is 20.4. The van der Waals surface area contributed by atoms with E-state index in [9.17, 15) is 14.4 Å². The molecule has 2 aliphatic carbocycles. The molecule has 2 saturated carbocycles. The van der Waals surface area contributed by atoms with E-state index >= 15 is 0 Å². The molecule has 0 spiro atoms. The van der Waals surface area contributed by atoms with E-state index in [-0.39, 0.29) is 23.0 Å². The monoisotopic (exact) mass is 471 g/mol. The Hall–Kier alpha value is -3.01. The summed E-state index contributed by atoms with van der Waals surface area (Å²) < 4.78 is 5.19. The number of H-pyrrole nitrogens is 1. The van der Waals surface area contributed by atoms with Crippen LogP contribution >= 0.6 is 0 Å². The largest absolute Gasteiger partial charge is 0.403 e. The Morgan fingerprint density at radius 3 is 2.71 bits per heavy atom.